The molecule has 5 heteroatoms. The first-order valence-electron chi connectivity index (χ1n) is 9.32. The minimum absolute atomic E-state index is 0.0385. The highest BCUT2D eigenvalue weighted by atomic mass is 32.2. The summed E-state index contributed by atoms with van der Waals surface area (Å²) in [5, 5.41) is 9.61. The van der Waals surface area contributed by atoms with Crippen molar-refractivity contribution < 1.29 is 10.0 Å². The van der Waals surface area contributed by atoms with Crippen LogP contribution in [0.25, 0.3) is 0 Å². The number of hydrogen-bond acceptors (Lipinski definition) is 3. The number of rotatable bonds is 8. The largest absolute Gasteiger partial charge is 0.332 e. The van der Waals surface area contributed by atoms with Crippen molar-refractivity contribution in [3.05, 3.63) is 60.2 Å². The molecule has 4 nitrogen and oxygen atoms in total. The number of carbonyl (C=O) groups excluding carboxylic acids is 1. The minimum Gasteiger partial charge on any atom is -0.332 e. The highest BCUT2D eigenvalue weighted by Gasteiger charge is 2.08. The quantitative estimate of drug-likeness (QED) is 0.242. The van der Waals surface area contributed by atoms with Crippen molar-refractivity contribution in [2.24, 2.45) is 11.8 Å². The third kappa shape index (κ3) is 8.89. The summed E-state index contributed by atoms with van der Waals surface area (Å²) in [5.74, 6) is 1.46. The summed E-state index contributed by atoms with van der Waals surface area (Å²) in [4.78, 5) is 10.2. The Morgan fingerprint density at radius 1 is 1.04 bits per heavy atom. The Balaban J connectivity index is 0.000000828. The lowest BCUT2D eigenvalue weighted by molar-refractivity contribution is -0.116. The maximum Gasteiger partial charge on any atom is 0.230 e. The van der Waals surface area contributed by atoms with Gasteiger partial charge >= 0.3 is 0 Å². The van der Waals surface area contributed by atoms with Crippen LogP contribution in [-0.4, -0.2) is 17.0 Å². The Morgan fingerprint density at radius 3 is 2.11 bits per heavy atom. The molecule has 2 aromatic carbocycles. The molecule has 0 aliphatic rings. The number of hydrogen-bond donors (Lipinski definition) is 3. The second-order valence-electron chi connectivity index (χ2n) is 6.70. The van der Waals surface area contributed by atoms with E-state index in [-0.39, 0.29) is 17.1 Å². The van der Waals surface area contributed by atoms with Crippen LogP contribution in [0, 0.1) is 11.8 Å². The lowest BCUT2D eigenvalue weighted by Crippen LogP contribution is -2.07. The SMILES string of the molecule is CC/C=S(/Nc1ccc(CC(C)C(C)C)cc1)c1ccccc1.O=CNO. The molecule has 0 saturated heterocycles. The standard InChI is InChI=1S/C21H29NS.CH3NO2/c1-5-15-23(21-9-7-6-8-10-21)22-20-13-11-19(12-14-20)16-18(4)17(2)3;3-1-2-4/h6-15,17-18,22H,5,16H2,1-4H3;1,4H,(H,2,3). The zero-order valence-corrected chi connectivity index (χ0v) is 17.5. The molecule has 27 heavy (non-hydrogen) atoms. The van der Waals surface area contributed by atoms with E-state index in [9.17, 15) is 0 Å². The predicted molar refractivity (Wildman–Crippen MR) is 117 cm³/mol. The van der Waals surface area contributed by atoms with E-state index in [1.807, 2.05) is 0 Å². The van der Waals surface area contributed by atoms with Crippen LogP contribution < -0.4 is 10.2 Å². The second-order valence-corrected chi connectivity index (χ2v) is 8.38. The molecule has 2 rings (SSSR count). The van der Waals surface area contributed by atoms with Gasteiger partial charge in [-0.05, 0) is 59.9 Å². The first kappa shape index (κ1) is 22.9. The maximum absolute atomic E-state index is 8.81. The van der Waals surface area contributed by atoms with Gasteiger partial charge in [0.2, 0.25) is 6.41 Å². The molecule has 148 valence electrons. The molecule has 0 aromatic heterocycles. The Kier molecular flexibility index (Phi) is 11.1. The highest BCUT2D eigenvalue weighted by molar-refractivity contribution is 8.16. The van der Waals surface area contributed by atoms with E-state index < -0.39 is 0 Å². The number of amides is 1. The molecular weight excluding hydrogens is 356 g/mol. The minimum atomic E-state index is -0.0385. The van der Waals surface area contributed by atoms with Crippen molar-refractivity contribution >= 4 is 28.1 Å². The molecule has 0 spiro atoms. The Labute approximate surface area is 166 Å². The Bertz CT molecular complexity index is 685. The lowest BCUT2D eigenvalue weighted by Gasteiger charge is -2.16. The highest BCUT2D eigenvalue weighted by Crippen LogP contribution is 2.28. The summed E-state index contributed by atoms with van der Waals surface area (Å²) in [5.41, 5.74) is 3.87. The van der Waals surface area contributed by atoms with Gasteiger partial charge in [0.15, 0.2) is 0 Å². The lowest BCUT2D eigenvalue weighted by atomic mass is 9.91. The maximum atomic E-state index is 8.81. The molecule has 1 amide bonds. The fraction of sp³-hybridized carbons (Fsp3) is 0.364. The zero-order valence-electron chi connectivity index (χ0n) is 16.7. The van der Waals surface area contributed by atoms with Gasteiger partial charge in [0, 0.05) is 10.6 Å². The molecular formula is C22H32N2O2S. The first-order valence-corrected chi connectivity index (χ1v) is 10.6. The topological polar surface area (TPSA) is 61.4 Å². The summed E-state index contributed by atoms with van der Waals surface area (Å²) in [7, 11) is -0.0385. The third-order valence-electron chi connectivity index (χ3n) is 4.26. The average molecular weight is 389 g/mol. The molecule has 0 aliphatic heterocycles. The predicted octanol–water partition coefficient (Wildman–Crippen LogP) is 5.51. The Morgan fingerprint density at radius 2 is 1.63 bits per heavy atom. The van der Waals surface area contributed by atoms with E-state index in [1.165, 1.54) is 21.6 Å². The number of carbonyl (C=O) groups is 1. The van der Waals surface area contributed by atoms with Gasteiger partial charge in [-0.15, -0.1) is 0 Å². The van der Waals surface area contributed by atoms with E-state index >= 15 is 0 Å². The molecule has 2 atom stereocenters. The molecule has 0 aliphatic carbocycles. The molecule has 0 heterocycles. The van der Waals surface area contributed by atoms with E-state index in [4.69, 9.17) is 10.0 Å². The second kappa shape index (κ2) is 13.1. The monoisotopic (exact) mass is 388 g/mol. The van der Waals surface area contributed by atoms with Crippen LogP contribution in [-0.2, 0) is 11.2 Å². The Hall–Kier alpha value is -2.11. The van der Waals surface area contributed by atoms with Gasteiger partial charge in [-0.3, -0.25) is 10.0 Å². The van der Waals surface area contributed by atoms with Crippen LogP contribution in [0.4, 0.5) is 5.69 Å². The van der Waals surface area contributed by atoms with Crippen molar-refractivity contribution in [2.75, 3.05) is 4.72 Å². The molecule has 3 N–H and O–H groups in total. The van der Waals surface area contributed by atoms with Crippen LogP contribution in [0.3, 0.4) is 0 Å². The van der Waals surface area contributed by atoms with Gasteiger partial charge in [-0.25, -0.2) is 5.48 Å². The van der Waals surface area contributed by atoms with Gasteiger partial charge < -0.3 is 4.72 Å². The first-order chi connectivity index (χ1) is 13.0. The van der Waals surface area contributed by atoms with Crippen LogP contribution in [0.2, 0.25) is 0 Å². The summed E-state index contributed by atoms with van der Waals surface area (Å²) < 4.78 is 3.67. The molecule has 0 radical (unpaired) electrons. The number of hydroxylamine groups is 1. The van der Waals surface area contributed by atoms with Gasteiger partial charge in [0.05, 0.1) is 0 Å². The van der Waals surface area contributed by atoms with Crippen molar-refractivity contribution in [1.82, 2.24) is 5.48 Å². The van der Waals surface area contributed by atoms with Crippen molar-refractivity contribution in [1.29, 1.82) is 0 Å². The molecule has 0 fully saturated rings. The fourth-order valence-electron chi connectivity index (χ4n) is 2.37. The number of benzene rings is 2. The molecule has 0 saturated carbocycles. The van der Waals surface area contributed by atoms with Crippen LogP contribution in [0.1, 0.15) is 39.7 Å². The van der Waals surface area contributed by atoms with Crippen LogP contribution in [0.15, 0.2) is 59.5 Å². The summed E-state index contributed by atoms with van der Waals surface area (Å²) in [6, 6.07) is 19.6. The number of nitrogens with one attached hydrogen (secondary N) is 2. The van der Waals surface area contributed by atoms with Crippen LogP contribution >= 0.6 is 10.7 Å². The zero-order chi connectivity index (χ0) is 20.1. The third-order valence-corrected chi connectivity index (χ3v) is 6.16. The van der Waals surface area contributed by atoms with Crippen LogP contribution in [0.5, 0.6) is 0 Å². The smallest absolute Gasteiger partial charge is 0.230 e. The van der Waals surface area contributed by atoms with Crippen molar-refractivity contribution in [3.63, 3.8) is 0 Å². The van der Waals surface area contributed by atoms with E-state index in [2.05, 4.69) is 92.4 Å². The van der Waals surface area contributed by atoms with E-state index in [1.54, 1.807) is 0 Å². The average Bonchev–Trinajstić information content (AvgIpc) is 2.69. The number of anilines is 1. The summed E-state index contributed by atoms with van der Waals surface area (Å²) in [6.07, 6.45) is 2.40. The van der Waals surface area contributed by atoms with E-state index in [0.29, 0.717) is 0 Å². The summed E-state index contributed by atoms with van der Waals surface area (Å²) in [6.45, 7) is 9.13. The molecule has 2 aromatic rings. The van der Waals surface area contributed by atoms with Gasteiger partial charge in [0.1, 0.15) is 0 Å². The van der Waals surface area contributed by atoms with Gasteiger partial charge in [-0.2, -0.15) is 0 Å². The van der Waals surface area contributed by atoms with E-state index in [0.717, 1.165) is 24.7 Å². The van der Waals surface area contributed by atoms with Crippen molar-refractivity contribution in [3.8, 4) is 0 Å². The summed E-state index contributed by atoms with van der Waals surface area (Å²) >= 11 is 0. The molecule has 2 unspecified atom stereocenters. The molecule has 0 bridgehead atoms. The van der Waals surface area contributed by atoms with Gasteiger partial charge in [0.25, 0.3) is 0 Å². The van der Waals surface area contributed by atoms with Crippen molar-refractivity contribution in [2.45, 2.75) is 45.4 Å². The normalized spacial score (nSPS) is 12.7. The fourth-order valence-corrected chi connectivity index (χ4v) is 3.94. The van der Waals surface area contributed by atoms with Gasteiger partial charge in [-0.1, -0.05) is 68.7 Å².